The van der Waals surface area contributed by atoms with Crippen molar-refractivity contribution >= 4 is 35.8 Å². The minimum atomic E-state index is 0. The molecule has 0 aromatic rings. The molecule has 2 heterocycles. The highest BCUT2D eigenvalue weighted by Gasteiger charge is 2.32. The highest BCUT2D eigenvalue weighted by molar-refractivity contribution is 14.0. The third-order valence-corrected chi connectivity index (χ3v) is 6.33. The number of nitrogens with zero attached hydrogens (tertiary/aromatic N) is 4. The summed E-state index contributed by atoms with van der Waals surface area (Å²) < 4.78 is 0. The molecule has 1 aliphatic carbocycles. The molecular weight excluding hydrogens is 467 g/mol. The van der Waals surface area contributed by atoms with Crippen LogP contribution in [0.4, 0.5) is 0 Å². The normalized spacial score (nSPS) is 27.7. The summed E-state index contributed by atoms with van der Waals surface area (Å²) in [7, 11) is 4.37. The number of hydrogen-bond donors (Lipinski definition) is 2. The molecule has 2 atom stereocenters. The lowest BCUT2D eigenvalue weighted by atomic mass is 10.1. The molecule has 0 aromatic heterocycles. The summed E-state index contributed by atoms with van der Waals surface area (Å²) in [5.41, 5.74) is 0. The van der Waals surface area contributed by atoms with E-state index in [4.69, 9.17) is 4.99 Å². The van der Waals surface area contributed by atoms with Gasteiger partial charge in [0.1, 0.15) is 0 Å². The fraction of sp³-hybridized carbons (Fsp3) is 0.900. The van der Waals surface area contributed by atoms with Gasteiger partial charge >= 0.3 is 0 Å². The van der Waals surface area contributed by atoms with Crippen molar-refractivity contribution in [2.24, 2.45) is 10.9 Å². The molecule has 162 valence electrons. The fourth-order valence-electron chi connectivity index (χ4n) is 4.52. The molecule has 3 aliphatic rings. The number of carbonyl (C=O) groups is 1. The number of likely N-dealkylation sites (N-methyl/N-ethyl adjacent to an activating group) is 2. The van der Waals surface area contributed by atoms with Crippen molar-refractivity contribution in [1.82, 2.24) is 25.3 Å². The quantitative estimate of drug-likeness (QED) is 0.334. The second kappa shape index (κ2) is 11.5. The number of piperazine rings is 1. The van der Waals surface area contributed by atoms with E-state index in [1.165, 1.54) is 12.8 Å². The van der Waals surface area contributed by atoms with Crippen LogP contribution in [0.5, 0.6) is 0 Å². The van der Waals surface area contributed by atoms with Crippen LogP contribution in [0.2, 0.25) is 0 Å². The van der Waals surface area contributed by atoms with E-state index in [1.54, 1.807) is 0 Å². The van der Waals surface area contributed by atoms with Crippen molar-refractivity contribution in [3.63, 3.8) is 0 Å². The zero-order chi connectivity index (χ0) is 19.2. The number of amides is 1. The Balaban J connectivity index is 0.00000280. The van der Waals surface area contributed by atoms with Gasteiger partial charge in [0.15, 0.2) is 5.96 Å². The Morgan fingerprint density at radius 3 is 2.54 bits per heavy atom. The predicted molar refractivity (Wildman–Crippen MR) is 125 cm³/mol. The van der Waals surface area contributed by atoms with Crippen LogP contribution in [0.25, 0.3) is 0 Å². The first-order chi connectivity index (χ1) is 13.1. The number of rotatable bonds is 5. The molecule has 1 saturated carbocycles. The van der Waals surface area contributed by atoms with E-state index >= 15 is 0 Å². The van der Waals surface area contributed by atoms with Crippen molar-refractivity contribution in [3.05, 3.63) is 0 Å². The van der Waals surface area contributed by atoms with Crippen LogP contribution in [-0.4, -0.2) is 98.6 Å². The molecule has 28 heavy (non-hydrogen) atoms. The highest BCUT2D eigenvalue weighted by Crippen LogP contribution is 2.27. The monoisotopic (exact) mass is 506 g/mol. The van der Waals surface area contributed by atoms with Gasteiger partial charge in [0.25, 0.3) is 0 Å². The Morgan fingerprint density at radius 2 is 1.82 bits per heavy atom. The van der Waals surface area contributed by atoms with Crippen molar-refractivity contribution < 1.29 is 4.79 Å². The summed E-state index contributed by atoms with van der Waals surface area (Å²) in [6, 6.07) is 0.767. The maximum atomic E-state index is 12.6. The molecular formula is C20H39IN6O. The number of halogens is 1. The smallest absolute Gasteiger partial charge is 0.225 e. The molecule has 2 saturated heterocycles. The van der Waals surface area contributed by atoms with Crippen molar-refractivity contribution in [1.29, 1.82) is 0 Å². The Morgan fingerprint density at radius 1 is 1.07 bits per heavy atom. The summed E-state index contributed by atoms with van der Waals surface area (Å²) in [6.45, 7) is 8.73. The first-order valence-electron chi connectivity index (χ1n) is 10.8. The standard InChI is InChI=1S/C20H38N6O.HI/c1-4-21-20(22-13-18-15-24(2)11-12-25(18)3)23-17-9-10-26(14-17)19(27)16-7-5-6-8-16;/h16-18H,4-15H2,1-3H3,(H2,21,22,23);1H. The molecule has 2 aliphatic heterocycles. The molecule has 0 bridgehead atoms. The first kappa shape index (κ1) is 23.7. The van der Waals surface area contributed by atoms with Crippen LogP contribution in [0, 0.1) is 5.92 Å². The molecule has 3 rings (SSSR count). The Hall–Kier alpha value is -0.610. The summed E-state index contributed by atoms with van der Waals surface area (Å²) >= 11 is 0. The minimum Gasteiger partial charge on any atom is -0.357 e. The minimum absolute atomic E-state index is 0. The Kier molecular flexibility index (Phi) is 9.76. The van der Waals surface area contributed by atoms with Crippen molar-refractivity contribution in [2.45, 2.75) is 51.1 Å². The van der Waals surface area contributed by atoms with Gasteiger partial charge in [0.05, 0.1) is 6.54 Å². The van der Waals surface area contributed by atoms with Gasteiger partial charge in [0, 0.05) is 57.3 Å². The first-order valence-corrected chi connectivity index (χ1v) is 10.8. The average Bonchev–Trinajstić information content (AvgIpc) is 3.34. The maximum Gasteiger partial charge on any atom is 0.225 e. The number of likely N-dealkylation sites (tertiary alicyclic amines) is 1. The predicted octanol–water partition coefficient (Wildman–Crippen LogP) is 1.20. The van der Waals surface area contributed by atoms with E-state index in [0.29, 0.717) is 18.0 Å². The van der Waals surface area contributed by atoms with Gasteiger partial charge in [-0.2, -0.15) is 0 Å². The largest absolute Gasteiger partial charge is 0.357 e. The second-order valence-corrected chi connectivity index (χ2v) is 8.51. The van der Waals surface area contributed by atoms with Gasteiger partial charge in [-0.1, -0.05) is 12.8 Å². The van der Waals surface area contributed by atoms with Crippen molar-refractivity contribution in [3.8, 4) is 0 Å². The molecule has 8 heteroatoms. The van der Waals surface area contributed by atoms with Crippen LogP contribution in [0.1, 0.15) is 39.0 Å². The fourth-order valence-corrected chi connectivity index (χ4v) is 4.52. The van der Waals surface area contributed by atoms with E-state index in [9.17, 15) is 4.79 Å². The van der Waals surface area contributed by atoms with Crippen molar-refractivity contribution in [2.75, 3.05) is 59.9 Å². The number of nitrogens with one attached hydrogen (secondary N) is 2. The van der Waals surface area contributed by atoms with Crippen LogP contribution >= 0.6 is 24.0 Å². The Bertz CT molecular complexity index is 525. The van der Waals surface area contributed by atoms with E-state index in [2.05, 4.69) is 46.4 Å². The SMILES string of the molecule is CCNC(=NCC1CN(C)CCN1C)NC1CCN(C(=O)C2CCCC2)C1.I. The molecule has 3 fully saturated rings. The molecule has 1 amide bonds. The molecule has 2 unspecified atom stereocenters. The van der Waals surface area contributed by atoms with E-state index < -0.39 is 0 Å². The van der Waals surface area contributed by atoms with Gasteiger partial charge in [0.2, 0.25) is 5.91 Å². The van der Waals surface area contributed by atoms with E-state index in [1.807, 2.05) is 0 Å². The zero-order valence-electron chi connectivity index (χ0n) is 17.8. The van der Waals surface area contributed by atoms with E-state index in [-0.39, 0.29) is 29.9 Å². The van der Waals surface area contributed by atoms with Gasteiger partial charge in [-0.25, -0.2) is 0 Å². The lowest BCUT2D eigenvalue weighted by molar-refractivity contribution is -0.134. The van der Waals surface area contributed by atoms with E-state index in [0.717, 1.165) is 71.0 Å². The van der Waals surface area contributed by atoms with Gasteiger partial charge < -0.3 is 20.4 Å². The third kappa shape index (κ3) is 6.45. The molecule has 0 aromatic carbocycles. The number of aliphatic imine (C=N–C) groups is 1. The third-order valence-electron chi connectivity index (χ3n) is 6.33. The molecule has 0 radical (unpaired) electrons. The topological polar surface area (TPSA) is 63.2 Å². The van der Waals surface area contributed by atoms with Gasteiger partial charge in [-0.05, 0) is 40.3 Å². The van der Waals surface area contributed by atoms with Gasteiger partial charge in [-0.15, -0.1) is 24.0 Å². The molecule has 0 spiro atoms. The maximum absolute atomic E-state index is 12.6. The van der Waals surface area contributed by atoms with Crippen LogP contribution in [-0.2, 0) is 4.79 Å². The molecule has 2 N–H and O–H groups in total. The summed E-state index contributed by atoms with van der Waals surface area (Å²) in [5, 5.41) is 6.95. The molecule has 7 nitrogen and oxygen atoms in total. The number of guanidine groups is 1. The summed E-state index contributed by atoms with van der Waals surface area (Å²) in [6.07, 6.45) is 5.61. The van der Waals surface area contributed by atoms with Crippen LogP contribution in [0.15, 0.2) is 4.99 Å². The zero-order valence-corrected chi connectivity index (χ0v) is 20.2. The highest BCUT2D eigenvalue weighted by atomic mass is 127. The van der Waals surface area contributed by atoms with Crippen LogP contribution < -0.4 is 10.6 Å². The lowest BCUT2D eigenvalue weighted by Crippen LogP contribution is -2.52. The lowest BCUT2D eigenvalue weighted by Gasteiger charge is -2.37. The van der Waals surface area contributed by atoms with Gasteiger partial charge in [-0.3, -0.25) is 14.7 Å². The second-order valence-electron chi connectivity index (χ2n) is 8.51. The summed E-state index contributed by atoms with van der Waals surface area (Å²) in [4.78, 5) is 24.4. The number of carbonyl (C=O) groups excluding carboxylic acids is 1. The van der Waals surface area contributed by atoms with Crippen LogP contribution in [0.3, 0.4) is 0 Å². The average molecular weight is 506 g/mol. The number of hydrogen-bond acceptors (Lipinski definition) is 4. The summed E-state index contributed by atoms with van der Waals surface area (Å²) in [5.74, 6) is 1.55. The Labute approximate surface area is 187 Å².